The third kappa shape index (κ3) is 6.90. The van der Waals surface area contributed by atoms with Gasteiger partial charge in [0.2, 0.25) is 0 Å². The SMILES string of the molecule is CC(C)(C)C(=O)c1cccc(I)c1.CC(C)(C)C(=O)c1cccc(N)c1. The van der Waals surface area contributed by atoms with Crippen molar-refractivity contribution < 1.29 is 9.59 Å². The molecule has 0 aliphatic heterocycles. The summed E-state index contributed by atoms with van der Waals surface area (Å²) in [6.45, 7) is 11.5. The molecule has 0 saturated carbocycles. The van der Waals surface area contributed by atoms with E-state index in [2.05, 4.69) is 22.6 Å². The van der Waals surface area contributed by atoms with Gasteiger partial charge in [0.1, 0.15) is 0 Å². The minimum Gasteiger partial charge on any atom is -0.399 e. The number of hydrogen-bond acceptors (Lipinski definition) is 3. The highest BCUT2D eigenvalue weighted by Crippen LogP contribution is 2.22. The smallest absolute Gasteiger partial charge is 0.168 e. The van der Waals surface area contributed by atoms with Crippen LogP contribution in [0, 0.1) is 14.4 Å². The van der Waals surface area contributed by atoms with E-state index in [1.165, 1.54) is 0 Å². The van der Waals surface area contributed by atoms with E-state index in [0.717, 1.165) is 9.13 Å². The Morgan fingerprint density at radius 2 is 1.19 bits per heavy atom. The van der Waals surface area contributed by atoms with Gasteiger partial charge in [0.15, 0.2) is 11.6 Å². The Morgan fingerprint density at radius 1 is 0.769 bits per heavy atom. The summed E-state index contributed by atoms with van der Waals surface area (Å²) in [5.74, 6) is 0.325. The fourth-order valence-corrected chi connectivity index (χ4v) is 2.72. The highest BCUT2D eigenvalue weighted by atomic mass is 127. The first-order valence-corrected chi connectivity index (χ1v) is 9.61. The lowest BCUT2D eigenvalue weighted by Gasteiger charge is -2.16. The molecule has 0 aliphatic rings. The van der Waals surface area contributed by atoms with Gasteiger partial charge in [-0.1, -0.05) is 65.8 Å². The summed E-state index contributed by atoms with van der Waals surface area (Å²) in [5.41, 5.74) is 7.09. The largest absolute Gasteiger partial charge is 0.399 e. The van der Waals surface area contributed by atoms with Gasteiger partial charge in [0, 0.05) is 31.2 Å². The maximum absolute atomic E-state index is 11.8. The molecule has 3 nitrogen and oxygen atoms in total. The average Bonchev–Trinajstić information content (AvgIpc) is 2.52. The molecule has 0 unspecified atom stereocenters. The fourth-order valence-electron chi connectivity index (χ4n) is 2.18. The van der Waals surface area contributed by atoms with E-state index in [-0.39, 0.29) is 22.4 Å². The standard InChI is InChI=1S/C11H13IO.C11H15NO/c2*1-11(2,3)10(13)8-5-4-6-9(12)7-8/h4-7H,1-3H3;4-7H,12H2,1-3H3. The van der Waals surface area contributed by atoms with E-state index >= 15 is 0 Å². The monoisotopic (exact) mass is 465 g/mol. The van der Waals surface area contributed by atoms with Crippen LogP contribution in [-0.4, -0.2) is 11.6 Å². The Balaban J connectivity index is 0.000000260. The Morgan fingerprint density at radius 3 is 1.58 bits per heavy atom. The molecule has 0 aliphatic carbocycles. The van der Waals surface area contributed by atoms with Gasteiger partial charge in [0.05, 0.1) is 0 Å². The molecule has 2 aromatic carbocycles. The third-order valence-electron chi connectivity index (χ3n) is 3.60. The number of nitrogens with two attached hydrogens (primary N) is 1. The lowest BCUT2D eigenvalue weighted by Crippen LogP contribution is -2.20. The minimum absolute atomic E-state index is 0.125. The van der Waals surface area contributed by atoms with Crippen molar-refractivity contribution in [2.75, 3.05) is 5.73 Å². The Hall–Kier alpha value is -1.69. The molecular formula is C22H28INO2. The number of nitrogen functional groups attached to an aromatic ring is 1. The van der Waals surface area contributed by atoms with Crippen LogP contribution in [0.15, 0.2) is 48.5 Å². The van der Waals surface area contributed by atoms with E-state index in [1.807, 2.05) is 65.8 Å². The zero-order valence-corrected chi connectivity index (χ0v) is 18.5. The Kier molecular flexibility index (Phi) is 7.57. The topological polar surface area (TPSA) is 60.2 Å². The number of hydrogen-bond donors (Lipinski definition) is 1. The van der Waals surface area contributed by atoms with Gasteiger partial charge in [-0.05, 0) is 46.9 Å². The zero-order chi connectivity index (χ0) is 20.1. The number of Topliss-reactive ketones (excluding diaryl/α,β-unsaturated/α-hetero) is 2. The second kappa shape index (κ2) is 8.80. The maximum Gasteiger partial charge on any atom is 0.168 e. The van der Waals surface area contributed by atoms with Crippen LogP contribution in [0.1, 0.15) is 62.3 Å². The Labute approximate surface area is 170 Å². The molecule has 0 radical (unpaired) electrons. The molecule has 2 N–H and O–H groups in total. The maximum atomic E-state index is 11.8. The van der Waals surface area contributed by atoms with Crippen LogP contribution < -0.4 is 5.73 Å². The molecular weight excluding hydrogens is 437 g/mol. The lowest BCUT2D eigenvalue weighted by molar-refractivity contribution is 0.0852. The van der Waals surface area contributed by atoms with Crippen molar-refractivity contribution in [2.24, 2.45) is 10.8 Å². The summed E-state index contributed by atoms with van der Waals surface area (Å²) < 4.78 is 1.10. The van der Waals surface area contributed by atoms with Gasteiger partial charge in [0.25, 0.3) is 0 Å². The molecule has 0 amide bonds. The van der Waals surface area contributed by atoms with Crippen LogP contribution in [0.2, 0.25) is 0 Å². The van der Waals surface area contributed by atoms with Crippen molar-refractivity contribution in [3.8, 4) is 0 Å². The number of carbonyl (C=O) groups excluding carboxylic acids is 2. The molecule has 26 heavy (non-hydrogen) atoms. The fraction of sp³-hybridized carbons (Fsp3) is 0.364. The molecule has 2 rings (SSSR count). The van der Waals surface area contributed by atoms with Crippen LogP contribution in [0.3, 0.4) is 0 Å². The van der Waals surface area contributed by atoms with Crippen LogP contribution in [0.4, 0.5) is 5.69 Å². The molecule has 0 atom stereocenters. The van der Waals surface area contributed by atoms with Gasteiger partial charge in [-0.25, -0.2) is 0 Å². The number of benzene rings is 2. The predicted octanol–water partition coefficient (Wildman–Crippen LogP) is 6.02. The first kappa shape index (κ1) is 22.4. The number of ketones is 2. The second-order valence-electron chi connectivity index (χ2n) is 8.29. The molecule has 140 valence electrons. The molecule has 0 aromatic heterocycles. The summed E-state index contributed by atoms with van der Waals surface area (Å²) in [5, 5.41) is 0. The number of halogens is 1. The second-order valence-corrected chi connectivity index (χ2v) is 9.54. The highest BCUT2D eigenvalue weighted by Gasteiger charge is 2.23. The highest BCUT2D eigenvalue weighted by molar-refractivity contribution is 14.1. The van der Waals surface area contributed by atoms with E-state index < -0.39 is 0 Å². The molecule has 0 spiro atoms. The minimum atomic E-state index is -0.339. The third-order valence-corrected chi connectivity index (χ3v) is 4.27. The zero-order valence-electron chi connectivity index (χ0n) is 16.4. The number of rotatable bonds is 2. The van der Waals surface area contributed by atoms with Crippen LogP contribution in [-0.2, 0) is 0 Å². The number of carbonyl (C=O) groups is 2. The summed E-state index contributed by atoms with van der Waals surface area (Å²) in [6, 6.07) is 14.8. The molecule has 0 bridgehead atoms. The molecule has 2 aromatic rings. The van der Waals surface area contributed by atoms with Crippen molar-refractivity contribution in [3.05, 3.63) is 63.2 Å². The lowest BCUT2D eigenvalue weighted by atomic mass is 9.86. The van der Waals surface area contributed by atoms with Crippen LogP contribution >= 0.6 is 22.6 Å². The first-order chi connectivity index (χ1) is 11.8. The number of anilines is 1. The molecule has 0 fully saturated rings. The molecule has 4 heteroatoms. The van der Waals surface area contributed by atoms with E-state index in [4.69, 9.17) is 5.73 Å². The van der Waals surface area contributed by atoms with Crippen molar-refractivity contribution in [1.29, 1.82) is 0 Å². The first-order valence-electron chi connectivity index (χ1n) is 8.53. The van der Waals surface area contributed by atoms with Crippen molar-refractivity contribution in [2.45, 2.75) is 41.5 Å². The Bertz CT molecular complexity index is 716. The molecule has 0 heterocycles. The van der Waals surface area contributed by atoms with Gasteiger partial charge >= 0.3 is 0 Å². The van der Waals surface area contributed by atoms with Crippen LogP contribution in [0.5, 0.6) is 0 Å². The van der Waals surface area contributed by atoms with E-state index in [0.29, 0.717) is 11.3 Å². The van der Waals surface area contributed by atoms with E-state index in [1.54, 1.807) is 24.3 Å². The van der Waals surface area contributed by atoms with Crippen molar-refractivity contribution in [3.63, 3.8) is 0 Å². The normalized spacial score (nSPS) is 11.3. The summed E-state index contributed by atoms with van der Waals surface area (Å²) in [4.78, 5) is 23.6. The predicted molar refractivity (Wildman–Crippen MR) is 118 cm³/mol. The molecule has 0 saturated heterocycles. The van der Waals surface area contributed by atoms with E-state index in [9.17, 15) is 9.59 Å². The van der Waals surface area contributed by atoms with Crippen molar-refractivity contribution >= 4 is 39.8 Å². The quantitative estimate of drug-likeness (QED) is 0.335. The summed E-state index contributed by atoms with van der Waals surface area (Å²) >= 11 is 2.21. The summed E-state index contributed by atoms with van der Waals surface area (Å²) in [7, 11) is 0. The van der Waals surface area contributed by atoms with Gasteiger partial charge in [-0.3, -0.25) is 9.59 Å². The van der Waals surface area contributed by atoms with Crippen LogP contribution in [0.25, 0.3) is 0 Å². The van der Waals surface area contributed by atoms with Gasteiger partial charge < -0.3 is 5.73 Å². The van der Waals surface area contributed by atoms with Crippen molar-refractivity contribution in [1.82, 2.24) is 0 Å². The summed E-state index contributed by atoms with van der Waals surface area (Å²) in [6.07, 6.45) is 0. The van der Waals surface area contributed by atoms with Gasteiger partial charge in [-0.15, -0.1) is 0 Å². The van der Waals surface area contributed by atoms with Gasteiger partial charge in [-0.2, -0.15) is 0 Å². The average molecular weight is 465 g/mol.